The summed E-state index contributed by atoms with van der Waals surface area (Å²) in [6, 6.07) is 9.75. The van der Waals surface area contributed by atoms with Crippen molar-refractivity contribution in [3.8, 4) is 0 Å². The lowest BCUT2D eigenvalue weighted by Gasteiger charge is -2.16. The van der Waals surface area contributed by atoms with Crippen molar-refractivity contribution < 1.29 is 13.6 Å². The molecule has 0 aliphatic carbocycles. The standard InChI is InChI=1S/C14H14FNO2/c1-10-7-8-13(18-10)14(17)16(2)9-11-5-3-4-6-12(11)15/h3-8H,9H2,1-2H3. The largest absolute Gasteiger partial charge is 0.456 e. The van der Waals surface area contributed by atoms with Crippen molar-refractivity contribution in [1.82, 2.24) is 4.90 Å². The van der Waals surface area contributed by atoms with Gasteiger partial charge in [-0.25, -0.2) is 4.39 Å². The lowest BCUT2D eigenvalue weighted by molar-refractivity contribution is 0.0751. The highest BCUT2D eigenvalue weighted by atomic mass is 19.1. The Morgan fingerprint density at radius 2 is 2.00 bits per heavy atom. The van der Waals surface area contributed by atoms with Gasteiger partial charge >= 0.3 is 0 Å². The van der Waals surface area contributed by atoms with Crippen LogP contribution in [0, 0.1) is 12.7 Å². The van der Waals surface area contributed by atoms with E-state index < -0.39 is 0 Å². The number of furan rings is 1. The monoisotopic (exact) mass is 247 g/mol. The summed E-state index contributed by atoms with van der Waals surface area (Å²) in [4.78, 5) is 13.4. The van der Waals surface area contributed by atoms with Crippen molar-refractivity contribution in [2.24, 2.45) is 0 Å². The van der Waals surface area contributed by atoms with Gasteiger partial charge in [0, 0.05) is 19.2 Å². The Kier molecular flexibility index (Phi) is 3.46. The average molecular weight is 247 g/mol. The van der Waals surface area contributed by atoms with Gasteiger partial charge in [0.2, 0.25) is 0 Å². The van der Waals surface area contributed by atoms with Gasteiger partial charge in [-0.1, -0.05) is 18.2 Å². The molecule has 1 heterocycles. The van der Waals surface area contributed by atoms with E-state index in [-0.39, 0.29) is 24.0 Å². The number of hydrogen-bond acceptors (Lipinski definition) is 2. The molecule has 18 heavy (non-hydrogen) atoms. The minimum absolute atomic E-state index is 0.214. The molecule has 0 bridgehead atoms. The zero-order valence-corrected chi connectivity index (χ0v) is 10.3. The zero-order chi connectivity index (χ0) is 13.1. The number of nitrogens with zero attached hydrogens (tertiary/aromatic N) is 1. The van der Waals surface area contributed by atoms with Gasteiger partial charge in [0.05, 0.1) is 0 Å². The molecule has 0 saturated carbocycles. The number of hydrogen-bond donors (Lipinski definition) is 0. The summed E-state index contributed by atoms with van der Waals surface area (Å²) in [7, 11) is 1.62. The van der Waals surface area contributed by atoms with Gasteiger partial charge in [-0.05, 0) is 25.1 Å². The third-order valence-corrected chi connectivity index (χ3v) is 2.66. The first-order valence-corrected chi connectivity index (χ1v) is 5.63. The van der Waals surface area contributed by atoms with Gasteiger partial charge in [-0.15, -0.1) is 0 Å². The highest BCUT2D eigenvalue weighted by Crippen LogP contribution is 2.13. The number of rotatable bonds is 3. The Bertz CT molecular complexity index is 562. The molecule has 0 spiro atoms. The predicted octanol–water partition coefficient (Wildman–Crippen LogP) is 3.00. The van der Waals surface area contributed by atoms with E-state index in [1.54, 1.807) is 44.3 Å². The van der Waals surface area contributed by atoms with Gasteiger partial charge in [-0.3, -0.25) is 4.79 Å². The summed E-state index contributed by atoms with van der Waals surface area (Å²) >= 11 is 0. The molecule has 0 aliphatic rings. The quantitative estimate of drug-likeness (QED) is 0.835. The second-order valence-corrected chi connectivity index (χ2v) is 4.16. The minimum Gasteiger partial charge on any atom is -0.456 e. The van der Waals surface area contributed by atoms with Gasteiger partial charge in [0.15, 0.2) is 5.76 Å². The molecule has 2 rings (SSSR count). The maximum absolute atomic E-state index is 13.5. The lowest BCUT2D eigenvalue weighted by atomic mass is 10.2. The fraction of sp³-hybridized carbons (Fsp3) is 0.214. The second-order valence-electron chi connectivity index (χ2n) is 4.16. The molecule has 4 heteroatoms. The Morgan fingerprint density at radius 1 is 1.28 bits per heavy atom. The third kappa shape index (κ3) is 2.59. The molecule has 0 N–H and O–H groups in total. The Labute approximate surface area is 105 Å². The smallest absolute Gasteiger partial charge is 0.289 e. The van der Waals surface area contributed by atoms with Crippen LogP contribution in [0.5, 0.6) is 0 Å². The van der Waals surface area contributed by atoms with E-state index in [4.69, 9.17) is 4.42 Å². The van der Waals surface area contributed by atoms with Gasteiger partial charge in [0.25, 0.3) is 5.91 Å². The van der Waals surface area contributed by atoms with Crippen LogP contribution < -0.4 is 0 Å². The molecular weight excluding hydrogens is 233 g/mol. The van der Waals surface area contributed by atoms with E-state index >= 15 is 0 Å². The van der Waals surface area contributed by atoms with Gasteiger partial charge in [0.1, 0.15) is 11.6 Å². The summed E-state index contributed by atoms with van der Waals surface area (Å²) in [6.45, 7) is 1.99. The van der Waals surface area contributed by atoms with Crippen molar-refractivity contribution in [2.45, 2.75) is 13.5 Å². The first-order valence-electron chi connectivity index (χ1n) is 5.63. The molecule has 2 aromatic rings. The van der Waals surface area contributed by atoms with Crippen LogP contribution in [0.25, 0.3) is 0 Å². The Morgan fingerprint density at radius 3 is 2.61 bits per heavy atom. The summed E-state index contributed by atoms with van der Waals surface area (Å²) in [5.41, 5.74) is 0.483. The molecule has 3 nitrogen and oxygen atoms in total. The van der Waals surface area contributed by atoms with E-state index in [0.29, 0.717) is 11.3 Å². The summed E-state index contributed by atoms with van der Waals surface area (Å²) in [5, 5.41) is 0. The molecule has 0 aliphatic heterocycles. The molecule has 0 atom stereocenters. The Hall–Kier alpha value is -2.10. The zero-order valence-electron chi connectivity index (χ0n) is 10.3. The van der Waals surface area contributed by atoms with E-state index in [1.165, 1.54) is 11.0 Å². The molecule has 1 amide bonds. The lowest BCUT2D eigenvalue weighted by Crippen LogP contribution is -2.26. The normalized spacial score (nSPS) is 10.4. The summed E-state index contributed by atoms with van der Waals surface area (Å²) in [6.07, 6.45) is 0. The SMILES string of the molecule is Cc1ccc(C(=O)N(C)Cc2ccccc2F)o1. The van der Waals surface area contributed by atoms with Crippen LogP contribution in [0.3, 0.4) is 0 Å². The number of amides is 1. The molecule has 0 radical (unpaired) electrons. The van der Waals surface area contributed by atoms with E-state index in [1.807, 2.05) is 0 Å². The van der Waals surface area contributed by atoms with Crippen molar-refractivity contribution in [3.63, 3.8) is 0 Å². The topological polar surface area (TPSA) is 33.5 Å². The number of carbonyl (C=O) groups is 1. The molecule has 94 valence electrons. The highest BCUT2D eigenvalue weighted by Gasteiger charge is 2.16. The maximum atomic E-state index is 13.5. The van der Waals surface area contributed by atoms with Crippen LogP contribution in [0.2, 0.25) is 0 Å². The summed E-state index contributed by atoms with van der Waals surface area (Å²) in [5.74, 6) is 0.378. The van der Waals surface area contributed by atoms with E-state index in [9.17, 15) is 9.18 Å². The predicted molar refractivity (Wildman–Crippen MR) is 65.6 cm³/mol. The first kappa shape index (κ1) is 12.4. The van der Waals surface area contributed by atoms with Crippen LogP contribution in [-0.4, -0.2) is 17.9 Å². The first-order chi connectivity index (χ1) is 8.58. The average Bonchev–Trinajstić information content (AvgIpc) is 2.78. The van der Waals surface area contributed by atoms with Crippen LogP contribution in [0.15, 0.2) is 40.8 Å². The van der Waals surface area contributed by atoms with Gasteiger partial charge in [-0.2, -0.15) is 0 Å². The van der Waals surface area contributed by atoms with Crippen molar-refractivity contribution >= 4 is 5.91 Å². The van der Waals surface area contributed by atoms with Crippen LogP contribution in [0.4, 0.5) is 4.39 Å². The number of benzene rings is 1. The fourth-order valence-electron chi connectivity index (χ4n) is 1.69. The van der Waals surface area contributed by atoms with Crippen LogP contribution in [-0.2, 0) is 6.54 Å². The van der Waals surface area contributed by atoms with Crippen molar-refractivity contribution in [3.05, 3.63) is 59.3 Å². The van der Waals surface area contributed by atoms with Gasteiger partial charge < -0.3 is 9.32 Å². The molecule has 1 aromatic carbocycles. The third-order valence-electron chi connectivity index (χ3n) is 2.66. The van der Waals surface area contributed by atoms with Crippen molar-refractivity contribution in [2.75, 3.05) is 7.05 Å². The fourth-order valence-corrected chi connectivity index (χ4v) is 1.69. The molecule has 1 aromatic heterocycles. The maximum Gasteiger partial charge on any atom is 0.289 e. The number of halogens is 1. The van der Waals surface area contributed by atoms with E-state index in [2.05, 4.69) is 0 Å². The second kappa shape index (κ2) is 5.04. The molecule has 0 saturated heterocycles. The highest BCUT2D eigenvalue weighted by molar-refractivity contribution is 5.91. The molecule has 0 unspecified atom stereocenters. The van der Waals surface area contributed by atoms with Crippen LogP contribution >= 0.6 is 0 Å². The van der Waals surface area contributed by atoms with Crippen LogP contribution in [0.1, 0.15) is 21.9 Å². The molecular formula is C14H14FNO2. The Balaban J connectivity index is 2.11. The summed E-state index contributed by atoms with van der Waals surface area (Å²) < 4.78 is 18.7. The number of aryl methyl sites for hydroxylation is 1. The minimum atomic E-state index is -0.312. The van der Waals surface area contributed by atoms with Crippen molar-refractivity contribution in [1.29, 1.82) is 0 Å². The molecule has 0 fully saturated rings. The number of carbonyl (C=O) groups excluding carboxylic acids is 1. The van der Waals surface area contributed by atoms with E-state index in [0.717, 1.165) is 0 Å².